The third kappa shape index (κ3) is 2.78. The van der Waals surface area contributed by atoms with Gasteiger partial charge < -0.3 is 14.2 Å². The third-order valence-corrected chi connectivity index (χ3v) is 7.25. The minimum Gasteiger partial charge on any atom is -0.486 e. The number of rotatable bonds is 2. The van der Waals surface area contributed by atoms with Crippen LogP contribution in [0.5, 0.6) is 17.2 Å². The SMILES string of the molecule is CCC1CCC2(CC1)Oc1ccccc1[C@H]1CC(c3ccc4c(c3)OCCO4)=NN12. The molecule has 156 valence electrons. The molecule has 1 saturated carbocycles. The first kappa shape index (κ1) is 18.1. The van der Waals surface area contributed by atoms with Gasteiger partial charge in [-0.15, -0.1) is 0 Å². The summed E-state index contributed by atoms with van der Waals surface area (Å²) >= 11 is 0. The maximum Gasteiger partial charge on any atom is 0.198 e. The van der Waals surface area contributed by atoms with E-state index in [1.807, 2.05) is 6.07 Å². The summed E-state index contributed by atoms with van der Waals surface area (Å²) in [6.07, 6.45) is 6.62. The van der Waals surface area contributed by atoms with Gasteiger partial charge >= 0.3 is 0 Å². The Morgan fingerprint density at radius 1 is 1.00 bits per heavy atom. The van der Waals surface area contributed by atoms with Crippen LogP contribution in [0.25, 0.3) is 0 Å². The first-order chi connectivity index (χ1) is 14.8. The van der Waals surface area contributed by atoms with Crippen molar-refractivity contribution >= 4 is 5.71 Å². The normalized spacial score (nSPS) is 29.1. The van der Waals surface area contributed by atoms with Crippen LogP contribution < -0.4 is 14.2 Å². The summed E-state index contributed by atoms with van der Waals surface area (Å²) in [6.45, 7) is 3.51. The molecule has 30 heavy (non-hydrogen) atoms. The quantitative estimate of drug-likeness (QED) is 0.681. The zero-order valence-electron chi connectivity index (χ0n) is 17.5. The molecule has 0 aromatic heterocycles. The number of hydrogen-bond donors (Lipinski definition) is 0. The Morgan fingerprint density at radius 3 is 2.63 bits per heavy atom. The summed E-state index contributed by atoms with van der Waals surface area (Å²) in [5, 5.41) is 7.48. The molecule has 5 heteroatoms. The van der Waals surface area contributed by atoms with Gasteiger partial charge in [-0.25, -0.2) is 5.01 Å². The number of fused-ring (bicyclic) bond motifs is 5. The zero-order chi connectivity index (χ0) is 20.1. The van der Waals surface area contributed by atoms with Crippen molar-refractivity contribution in [1.29, 1.82) is 0 Å². The van der Waals surface area contributed by atoms with E-state index >= 15 is 0 Å². The molecule has 1 spiro atoms. The molecule has 0 bridgehead atoms. The van der Waals surface area contributed by atoms with Gasteiger partial charge in [-0.1, -0.05) is 31.5 Å². The van der Waals surface area contributed by atoms with Gasteiger partial charge in [0.15, 0.2) is 17.2 Å². The van der Waals surface area contributed by atoms with Gasteiger partial charge in [0.2, 0.25) is 0 Å². The Balaban J connectivity index is 1.38. The summed E-state index contributed by atoms with van der Waals surface area (Å²) in [6, 6.07) is 14.9. The Labute approximate surface area is 177 Å². The Hall–Kier alpha value is -2.69. The van der Waals surface area contributed by atoms with Crippen molar-refractivity contribution in [3.8, 4) is 17.2 Å². The third-order valence-electron chi connectivity index (χ3n) is 7.25. The van der Waals surface area contributed by atoms with Crippen molar-refractivity contribution in [3.63, 3.8) is 0 Å². The zero-order valence-corrected chi connectivity index (χ0v) is 17.5. The van der Waals surface area contributed by atoms with Crippen LogP contribution in [0.3, 0.4) is 0 Å². The standard InChI is InChI=1S/C25H28N2O3/c1-2-17-9-11-25(12-10-17)27-21(19-5-3-4-6-22(19)30-25)16-20(26-27)18-7-8-23-24(15-18)29-14-13-28-23/h3-8,15,17,21H,2,9-14,16H2,1H3/t17?,21-,25?/m1/s1. The van der Waals surface area contributed by atoms with Gasteiger partial charge in [0.1, 0.15) is 19.0 Å². The topological polar surface area (TPSA) is 43.3 Å². The highest BCUT2D eigenvalue weighted by Gasteiger charge is 2.51. The lowest BCUT2D eigenvalue weighted by Gasteiger charge is -2.50. The fourth-order valence-electron chi connectivity index (χ4n) is 5.49. The van der Waals surface area contributed by atoms with E-state index in [0.29, 0.717) is 13.2 Å². The molecule has 1 atom stereocenters. The number of ether oxygens (including phenoxy) is 3. The molecule has 3 heterocycles. The molecule has 3 aliphatic heterocycles. The maximum atomic E-state index is 6.72. The molecule has 6 rings (SSSR count). The van der Waals surface area contributed by atoms with Crippen molar-refractivity contribution in [1.82, 2.24) is 5.01 Å². The number of para-hydroxylation sites is 1. The minimum atomic E-state index is -0.319. The second-order valence-electron chi connectivity index (χ2n) is 8.91. The predicted octanol–water partition coefficient (Wildman–Crippen LogP) is 5.30. The highest BCUT2D eigenvalue weighted by Crippen LogP contribution is 2.52. The first-order valence-corrected chi connectivity index (χ1v) is 11.3. The minimum absolute atomic E-state index is 0.233. The molecule has 0 unspecified atom stereocenters. The van der Waals surface area contributed by atoms with E-state index in [2.05, 4.69) is 48.3 Å². The van der Waals surface area contributed by atoms with Crippen molar-refractivity contribution in [2.45, 2.75) is 57.2 Å². The van der Waals surface area contributed by atoms with Crippen LogP contribution in [-0.2, 0) is 0 Å². The monoisotopic (exact) mass is 404 g/mol. The predicted molar refractivity (Wildman–Crippen MR) is 115 cm³/mol. The first-order valence-electron chi connectivity index (χ1n) is 11.3. The largest absolute Gasteiger partial charge is 0.486 e. The van der Waals surface area contributed by atoms with E-state index in [4.69, 9.17) is 19.3 Å². The smallest absolute Gasteiger partial charge is 0.198 e. The van der Waals surface area contributed by atoms with E-state index in [-0.39, 0.29) is 11.8 Å². The molecule has 2 aromatic rings. The summed E-state index contributed by atoms with van der Waals surface area (Å²) < 4.78 is 18.2. The number of hydrazone groups is 1. The van der Waals surface area contributed by atoms with Crippen molar-refractivity contribution in [2.24, 2.45) is 11.0 Å². The van der Waals surface area contributed by atoms with Crippen LogP contribution in [0, 0.1) is 5.92 Å². The van der Waals surface area contributed by atoms with Gasteiger partial charge in [-0.05, 0) is 43.0 Å². The van der Waals surface area contributed by atoms with E-state index in [1.54, 1.807) is 0 Å². The summed E-state index contributed by atoms with van der Waals surface area (Å²) in [7, 11) is 0. The Kier molecular flexibility index (Phi) is 4.18. The van der Waals surface area contributed by atoms with Crippen LogP contribution in [0.1, 0.15) is 62.6 Å². The molecule has 2 aromatic carbocycles. The molecule has 0 saturated heterocycles. The van der Waals surface area contributed by atoms with Crippen LogP contribution >= 0.6 is 0 Å². The number of nitrogens with zero attached hydrogens (tertiary/aromatic N) is 2. The van der Waals surface area contributed by atoms with E-state index in [1.165, 1.54) is 24.8 Å². The van der Waals surface area contributed by atoms with Crippen LogP contribution in [-0.4, -0.2) is 29.7 Å². The van der Waals surface area contributed by atoms with Crippen molar-refractivity contribution in [3.05, 3.63) is 53.6 Å². The fraction of sp³-hybridized carbons (Fsp3) is 0.480. The summed E-state index contributed by atoms with van der Waals surface area (Å²) in [4.78, 5) is 0. The molecular weight excluding hydrogens is 376 g/mol. The van der Waals surface area contributed by atoms with Crippen LogP contribution in [0.4, 0.5) is 0 Å². The number of benzene rings is 2. The van der Waals surface area contributed by atoms with Gasteiger partial charge in [0, 0.05) is 30.4 Å². The molecule has 5 nitrogen and oxygen atoms in total. The van der Waals surface area contributed by atoms with Gasteiger partial charge in [0.05, 0.1) is 11.8 Å². The second kappa shape index (κ2) is 6.93. The average molecular weight is 405 g/mol. The molecule has 0 radical (unpaired) electrons. The summed E-state index contributed by atoms with van der Waals surface area (Å²) in [5.74, 6) is 3.48. The van der Waals surface area contributed by atoms with Gasteiger partial charge in [-0.2, -0.15) is 5.10 Å². The van der Waals surface area contributed by atoms with Gasteiger partial charge in [-0.3, -0.25) is 0 Å². The molecule has 1 fully saturated rings. The lowest BCUT2D eigenvalue weighted by Crippen LogP contribution is -2.55. The maximum absolute atomic E-state index is 6.72. The van der Waals surface area contributed by atoms with Crippen molar-refractivity contribution < 1.29 is 14.2 Å². The highest BCUT2D eigenvalue weighted by molar-refractivity contribution is 6.02. The molecule has 4 aliphatic rings. The van der Waals surface area contributed by atoms with E-state index in [0.717, 1.165) is 53.7 Å². The summed E-state index contributed by atoms with van der Waals surface area (Å²) in [5.41, 5.74) is 3.15. The lowest BCUT2D eigenvalue weighted by atomic mass is 9.80. The second-order valence-corrected chi connectivity index (χ2v) is 8.91. The Bertz CT molecular complexity index is 994. The molecule has 0 amide bonds. The van der Waals surface area contributed by atoms with Crippen LogP contribution in [0.15, 0.2) is 47.6 Å². The Morgan fingerprint density at radius 2 is 1.80 bits per heavy atom. The fourth-order valence-corrected chi connectivity index (χ4v) is 5.49. The van der Waals surface area contributed by atoms with E-state index in [9.17, 15) is 0 Å². The van der Waals surface area contributed by atoms with Crippen LogP contribution in [0.2, 0.25) is 0 Å². The molecule has 0 N–H and O–H groups in total. The highest BCUT2D eigenvalue weighted by atomic mass is 16.6. The lowest BCUT2D eigenvalue weighted by molar-refractivity contribution is -0.146. The van der Waals surface area contributed by atoms with Crippen molar-refractivity contribution in [2.75, 3.05) is 13.2 Å². The average Bonchev–Trinajstić information content (AvgIpc) is 3.26. The molecular formula is C25H28N2O3. The van der Waals surface area contributed by atoms with Gasteiger partial charge in [0.25, 0.3) is 0 Å². The number of hydrogen-bond acceptors (Lipinski definition) is 5. The molecule has 1 aliphatic carbocycles. The van der Waals surface area contributed by atoms with E-state index < -0.39 is 0 Å².